The summed E-state index contributed by atoms with van der Waals surface area (Å²) in [5.74, 6) is -0.306. The molecule has 6 nitrogen and oxygen atoms in total. The normalized spacial score (nSPS) is 11.8. The number of carbonyl (C=O) groups is 1. The zero-order valence-electron chi connectivity index (χ0n) is 13.4. The lowest BCUT2D eigenvalue weighted by atomic mass is 10.0. The van der Waals surface area contributed by atoms with Crippen LogP contribution in [0.15, 0.2) is 54.2 Å². The molecule has 0 unspecified atom stereocenters. The first kappa shape index (κ1) is 14.8. The standard InChI is InChI=1S/C19H13N5O/c1-24-18-7-6-12(9-17(18)22-23-24)8-13(10-20)19(25)15-11-21-16-5-3-2-4-14(15)16/h2-9,11,21H,1H3. The van der Waals surface area contributed by atoms with E-state index in [1.807, 2.05) is 55.6 Å². The van der Waals surface area contributed by atoms with Crippen LogP contribution in [0.3, 0.4) is 0 Å². The summed E-state index contributed by atoms with van der Waals surface area (Å²) in [6, 6.07) is 15.0. The fourth-order valence-corrected chi connectivity index (χ4v) is 2.87. The molecule has 0 aliphatic carbocycles. The van der Waals surface area contributed by atoms with Crippen LogP contribution in [0.2, 0.25) is 0 Å². The van der Waals surface area contributed by atoms with E-state index in [0.29, 0.717) is 11.1 Å². The Hall–Kier alpha value is -3.72. The molecule has 2 heterocycles. The molecule has 1 N–H and O–H groups in total. The van der Waals surface area contributed by atoms with Gasteiger partial charge in [-0.15, -0.1) is 5.10 Å². The predicted molar refractivity (Wildman–Crippen MR) is 94.7 cm³/mol. The minimum Gasteiger partial charge on any atom is -0.360 e. The van der Waals surface area contributed by atoms with E-state index in [1.165, 1.54) is 0 Å². The fraction of sp³-hybridized carbons (Fsp3) is 0.0526. The van der Waals surface area contributed by atoms with E-state index < -0.39 is 0 Å². The minimum absolute atomic E-state index is 0.0768. The van der Waals surface area contributed by atoms with E-state index in [9.17, 15) is 10.1 Å². The minimum atomic E-state index is -0.306. The summed E-state index contributed by atoms with van der Waals surface area (Å²) in [4.78, 5) is 15.8. The van der Waals surface area contributed by atoms with Gasteiger partial charge in [0.2, 0.25) is 5.78 Å². The number of hydrogen-bond acceptors (Lipinski definition) is 4. The number of benzene rings is 2. The number of nitriles is 1. The van der Waals surface area contributed by atoms with Gasteiger partial charge in [-0.1, -0.05) is 29.5 Å². The molecule has 0 saturated heterocycles. The molecule has 0 aliphatic rings. The summed E-state index contributed by atoms with van der Waals surface area (Å²) >= 11 is 0. The van der Waals surface area contributed by atoms with Crippen molar-refractivity contribution in [1.29, 1.82) is 5.26 Å². The van der Waals surface area contributed by atoms with Gasteiger partial charge in [-0.3, -0.25) is 4.79 Å². The van der Waals surface area contributed by atoms with E-state index in [4.69, 9.17) is 0 Å². The Bertz CT molecular complexity index is 1190. The van der Waals surface area contributed by atoms with Gasteiger partial charge in [-0.2, -0.15) is 5.26 Å². The highest BCUT2D eigenvalue weighted by Gasteiger charge is 2.16. The van der Waals surface area contributed by atoms with Gasteiger partial charge >= 0.3 is 0 Å². The molecule has 0 radical (unpaired) electrons. The van der Waals surface area contributed by atoms with Crippen molar-refractivity contribution in [2.75, 3.05) is 0 Å². The van der Waals surface area contributed by atoms with E-state index >= 15 is 0 Å². The molecule has 25 heavy (non-hydrogen) atoms. The van der Waals surface area contributed by atoms with Crippen molar-refractivity contribution in [3.8, 4) is 6.07 Å². The van der Waals surface area contributed by atoms with Crippen LogP contribution < -0.4 is 0 Å². The first-order valence-electron chi connectivity index (χ1n) is 7.69. The number of hydrogen-bond donors (Lipinski definition) is 1. The molecule has 2 aromatic carbocycles. The summed E-state index contributed by atoms with van der Waals surface area (Å²) in [5, 5.41) is 18.3. The van der Waals surface area contributed by atoms with Gasteiger partial charge in [0.1, 0.15) is 17.2 Å². The average molecular weight is 327 g/mol. The Morgan fingerprint density at radius 3 is 2.96 bits per heavy atom. The third-order valence-corrected chi connectivity index (χ3v) is 4.14. The van der Waals surface area contributed by atoms with Crippen molar-refractivity contribution in [3.05, 3.63) is 65.4 Å². The van der Waals surface area contributed by atoms with Gasteiger partial charge in [0.25, 0.3) is 0 Å². The third kappa shape index (κ3) is 2.48. The zero-order valence-corrected chi connectivity index (χ0v) is 13.4. The fourth-order valence-electron chi connectivity index (χ4n) is 2.87. The number of allylic oxidation sites excluding steroid dienone is 1. The number of Topliss-reactive ketones (excluding diaryl/α,β-unsaturated/α-hetero) is 1. The summed E-state index contributed by atoms with van der Waals surface area (Å²) in [6.07, 6.45) is 3.22. The Morgan fingerprint density at radius 1 is 1.28 bits per heavy atom. The van der Waals surface area contributed by atoms with Gasteiger partial charge in [0, 0.05) is 29.7 Å². The molecule has 0 bridgehead atoms. The molecule has 0 atom stereocenters. The molecule has 0 amide bonds. The number of nitrogens with one attached hydrogen (secondary N) is 1. The SMILES string of the molecule is Cn1nnc2cc(C=C(C#N)C(=O)c3c[nH]c4ccccc34)ccc21. The maximum absolute atomic E-state index is 12.8. The number of nitrogens with zero attached hydrogens (tertiary/aromatic N) is 4. The molecule has 0 saturated carbocycles. The molecule has 120 valence electrons. The highest BCUT2D eigenvalue weighted by Crippen LogP contribution is 2.22. The summed E-state index contributed by atoms with van der Waals surface area (Å²) in [7, 11) is 1.81. The Morgan fingerprint density at radius 2 is 2.12 bits per heavy atom. The molecule has 6 heteroatoms. The van der Waals surface area contributed by atoms with Crippen molar-refractivity contribution in [2.45, 2.75) is 0 Å². The predicted octanol–water partition coefficient (Wildman–Crippen LogP) is 3.24. The summed E-state index contributed by atoms with van der Waals surface area (Å²) in [6.45, 7) is 0. The van der Waals surface area contributed by atoms with Gasteiger partial charge in [0.05, 0.1) is 5.52 Å². The molecule has 0 fully saturated rings. The third-order valence-electron chi connectivity index (χ3n) is 4.14. The van der Waals surface area contributed by atoms with Crippen molar-refractivity contribution < 1.29 is 4.79 Å². The monoisotopic (exact) mass is 327 g/mol. The quantitative estimate of drug-likeness (QED) is 0.355. The van der Waals surface area contributed by atoms with Gasteiger partial charge in [-0.05, 0) is 29.8 Å². The number of ketones is 1. The van der Waals surface area contributed by atoms with Crippen LogP contribution in [-0.4, -0.2) is 25.8 Å². The molecule has 4 aromatic rings. The molecule has 2 aromatic heterocycles. The van der Waals surface area contributed by atoms with E-state index in [2.05, 4.69) is 15.3 Å². The molecule has 0 aliphatic heterocycles. The second kappa shape index (κ2) is 5.73. The van der Waals surface area contributed by atoms with Crippen molar-refractivity contribution in [1.82, 2.24) is 20.0 Å². The molecule has 0 spiro atoms. The van der Waals surface area contributed by atoms with Crippen LogP contribution in [-0.2, 0) is 7.05 Å². The van der Waals surface area contributed by atoms with Gasteiger partial charge in [-0.25, -0.2) is 4.68 Å². The first-order valence-corrected chi connectivity index (χ1v) is 7.69. The maximum atomic E-state index is 12.8. The van der Waals surface area contributed by atoms with Gasteiger partial charge < -0.3 is 4.98 Å². The lowest BCUT2D eigenvalue weighted by molar-refractivity contribution is 0.104. The molecule has 4 rings (SSSR count). The van der Waals surface area contributed by atoms with Crippen LogP contribution in [0.5, 0.6) is 0 Å². The van der Waals surface area contributed by atoms with Crippen molar-refractivity contribution >= 4 is 33.8 Å². The topological polar surface area (TPSA) is 87.4 Å². The van der Waals surface area contributed by atoms with Crippen molar-refractivity contribution in [2.24, 2.45) is 7.05 Å². The lowest BCUT2D eigenvalue weighted by Gasteiger charge is -1.99. The molecular formula is C19H13N5O. The van der Waals surface area contributed by atoms with Crippen LogP contribution in [0.25, 0.3) is 28.0 Å². The van der Waals surface area contributed by atoms with Crippen LogP contribution >= 0.6 is 0 Å². The van der Waals surface area contributed by atoms with E-state index in [0.717, 1.165) is 22.0 Å². The number of fused-ring (bicyclic) bond motifs is 2. The Kier molecular flexibility index (Phi) is 3.40. The number of aryl methyl sites for hydroxylation is 1. The maximum Gasteiger partial charge on any atom is 0.205 e. The van der Waals surface area contributed by atoms with E-state index in [-0.39, 0.29) is 11.4 Å². The van der Waals surface area contributed by atoms with Gasteiger partial charge in [0.15, 0.2) is 0 Å². The largest absolute Gasteiger partial charge is 0.360 e. The first-order chi connectivity index (χ1) is 12.2. The van der Waals surface area contributed by atoms with E-state index in [1.54, 1.807) is 17.0 Å². The van der Waals surface area contributed by atoms with Crippen molar-refractivity contribution in [3.63, 3.8) is 0 Å². The van der Waals surface area contributed by atoms with Crippen LogP contribution in [0, 0.1) is 11.3 Å². The Balaban J connectivity index is 1.76. The number of carbonyl (C=O) groups excluding carboxylic acids is 1. The zero-order chi connectivity index (χ0) is 17.4. The highest BCUT2D eigenvalue weighted by atomic mass is 16.1. The smallest absolute Gasteiger partial charge is 0.205 e. The average Bonchev–Trinajstić information content (AvgIpc) is 3.23. The number of para-hydroxylation sites is 1. The Labute approximate surface area is 143 Å². The number of rotatable bonds is 3. The molecular weight excluding hydrogens is 314 g/mol. The number of aromatic nitrogens is 4. The summed E-state index contributed by atoms with van der Waals surface area (Å²) in [5.41, 5.74) is 3.77. The highest BCUT2D eigenvalue weighted by molar-refractivity contribution is 6.19. The van der Waals surface area contributed by atoms with Crippen LogP contribution in [0.1, 0.15) is 15.9 Å². The number of H-pyrrole nitrogens is 1. The summed E-state index contributed by atoms with van der Waals surface area (Å²) < 4.78 is 1.67. The second-order valence-electron chi connectivity index (χ2n) is 5.71. The lowest BCUT2D eigenvalue weighted by Crippen LogP contribution is -2.01. The number of aromatic amines is 1. The second-order valence-corrected chi connectivity index (χ2v) is 5.71. The van der Waals surface area contributed by atoms with Crippen LogP contribution in [0.4, 0.5) is 0 Å².